The zero-order chi connectivity index (χ0) is 16.7. The number of rotatable bonds is 6. The number of carbonyl (C=O) groups excluding carboxylic acids is 1. The molecule has 1 heterocycles. The molecule has 1 amide bonds. The SMILES string of the molecule is N#CCCN(CCC#N)C(=O)/C=C/c1sc2ccccc2c1Cl. The summed E-state index contributed by atoms with van der Waals surface area (Å²) in [7, 11) is 0. The van der Waals surface area contributed by atoms with Crippen molar-refractivity contribution in [1.29, 1.82) is 10.5 Å². The quantitative estimate of drug-likeness (QED) is 0.737. The number of hydrogen-bond donors (Lipinski definition) is 0. The second-order valence-corrected chi connectivity index (χ2v) is 6.21. The molecule has 0 aliphatic rings. The third kappa shape index (κ3) is 4.32. The largest absolute Gasteiger partial charge is 0.337 e. The first-order valence-electron chi connectivity index (χ1n) is 7.05. The van der Waals surface area contributed by atoms with Crippen LogP contribution in [0.4, 0.5) is 0 Å². The zero-order valence-corrected chi connectivity index (χ0v) is 13.9. The number of thiophene rings is 1. The Bertz CT molecular complexity index is 795. The highest BCUT2D eigenvalue weighted by Crippen LogP contribution is 2.35. The lowest BCUT2D eigenvalue weighted by molar-refractivity contribution is -0.125. The van der Waals surface area contributed by atoms with Gasteiger partial charge in [0.05, 0.1) is 30.0 Å². The van der Waals surface area contributed by atoms with E-state index in [4.69, 9.17) is 22.1 Å². The van der Waals surface area contributed by atoms with Gasteiger partial charge < -0.3 is 4.90 Å². The highest BCUT2D eigenvalue weighted by atomic mass is 35.5. The topological polar surface area (TPSA) is 67.9 Å². The van der Waals surface area contributed by atoms with E-state index in [1.165, 1.54) is 22.3 Å². The number of fused-ring (bicyclic) bond motifs is 1. The van der Waals surface area contributed by atoms with Gasteiger partial charge in [0.15, 0.2) is 0 Å². The minimum absolute atomic E-state index is 0.218. The molecule has 2 aromatic rings. The summed E-state index contributed by atoms with van der Waals surface area (Å²) in [6.45, 7) is 0.642. The summed E-state index contributed by atoms with van der Waals surface area (Å²) in [5.74, 6) is -0.218. The first-order valence-corrected chi connectivity index (χ1v) is 8.24. The molecule has 1 aromatic carbocycles. The van der Waals surface area contributed by atoms with Crippen molar-refractivity contribution >= 4 is 45.0 Å². The summed E-state index contributed by atoms with van der Waals surface area (Å²) < 4.78 is 1.07. The fourth-order valence-electron chi connectivity index (χ4n) is 2.09. The van der Waals surface area contributed by atoms with Crippen LogP contribution in [0, 0.1) is 22.7 Å². The molecular weight excluding hydrogens is 330 g/mol. The van der Waals surface area contributed by atoms with Gasteiger partial charge in [0.1, 0.15) is 0 Å². The van der Waals surface area contributed by atoms with Crippen molar-refractivity contribution in [2.75, 3.05) is 13.1 Å². The molecule has 1 aromatic heterocycles. The van der Waals surface area contributed by atoms with Crippen molar-refractivity contribution in [1.82, 2.24) is 4.90 Å². The first-order chi connectivity index (χ1) is 11.2. The first kappa shape index (κ1) is 17.0. The summed E-state index contributed by atoms with van der Waals surface area (Å²) in [5.41, 5.74) is 0. The van der Waals surface area contributed by atoms with E-state index in [1.54, 1.807) is 6.08 Å². The summed E-state index contributed by atoms with van der Waals surface area (Å²) in [6.07, 6.45) is 3.63. The smallest absolute Gasteiger partial charge is 0.246 e. The molecule has 0 aliphatic carbocycles. The van der Waals surface area contributed by atoms with Crippen LogP contribution in [0.1, 0.15) is 17.7 Å². The van der Waals surface area contributed by atoms with Crippen LogP contribution in [0.25, 0.3) is 16.2 Å². The molecular formula is C17H14ClN3OS. The Morgan fingerprint density at radius 3 is 2.48 bits per heavy atom. The lowest BCUT2D eigenvalue weighted by Gasteiger charge is -2.18. The average molecular weight is 344 g/mol. The van der Waals surface area contributed by atoms with Gasteiger partial charge in [-0.1, -0.05) is 29.8 Å². The van der Waals surface area contributed by atoms with E-state index in [9.17, 15) is 4.79 Å². The van der Waals surface area contributed by atoms with Gasteiger partial charge in [-0.3, -0.25) is 4.79 Å². The molecule has 0 fully saturated rings. The van der Waals surface area contributed by atoms with E-state index in [0.29, 0.717) is 18.1 Å². The number of benzene rings is 1. The molecule has 0 saturated heterocycles. The van der Waals surface area contributed by atoms with Crippen molar-refractivity contribution in [3.63, 3.8) is 0 Å². The number of nitriles is 2. The van der Waals surface area contributed by atoms with Gasteiger partial charge in [-0.25, -0.2) is 0 Å². The maximum Gasteiger partial charge on any atom is 0.246 e. The predicted octanol–water partition coefficient (Wildman–Crippen LogP) is 4.22. The van der Waals surface area contributed by atoms with Crippen molar-refractivity contribution in [2.24, 2.45) is 0 Å². The molecule has 0 unspecified atom stereocenters. The van der Waals surface area contributed by atoms with E-state index in [0.717, 1.165) is 15.0 Å². The molecule has 0 atom stereocenters. The van der Waals surface area contributed by atoms with Crippen LogP contribution in [0.15, 0.2) is 30.3 Å². The fraction of sp³-hybridized carbons (Fsp3) is 0.235. The Morgan fingerprint density at radius 1 is 1.22 bits per heavy atom. The maximum absolute atomic E-state index is 12.2. The number of hydrogen-bond acceptors (Lipinski definition) is 4. The van der Waals surface area contributed by atoms with E-state index >= 15 is 0 Å². The van der Waals surface area contributed by atoms with E-state index in [-0.39, 0.29) is 18.7 Å². The van der Waals surface area contributed by atoms with Gasteiger partial charge in [-0.15, -0.1) is 11.3 Å². The van der Waals surface area contributed by atoms with Gasteiger partial charge in [0.25, 0.3) is 0 Å². The van der Waals surface area contributed by atoms with Gasteiger partial charge in [-0.05, 0) is 12.1 Å². The Labute approximate surface area is 143 Å². The average Bonchev–Trinajstić information content (AvgIpc) is 2.89. The molecule has 0 N–H and O–H groups in total. The normalized spacial score (nSPS) is 10.6. The Hall–Kier alpha value is -2.34. The van der Waals surface area contributed by atoms with Crippen LogP contribution in [0.5, 0.6) is 0 Å². The second-order valence-electron chi connectivity index (χ2n) is 4.75. The number of amides is 1. The molecule has 116 valence electrons. The molecule has 0 saturated carbocycles. The van der Waals surface area contributed by atoms with Gasteiger partial charge in [-0.2, -0.15) is 10.5 Å². The fourth-order valence-corrected chi connectivity index (χ4v) is 3.49. The third-order valence-corrected chi connectivity index (χ3v) is 4.89. The molecule has 6 heteroatoms. The second kappa shape index (κ2) is 8.33. The molecule has 0 aliphatic heterocycles. The summed E-state index contributed by atoms with van der Waals surface area (Å²) in [6, 6.07) is 11.8. The third-order valence-electron chi connectivity index (χ3n) is 3.24. The molecule has 0 bridgehead atoms. The minimum Gasteiger partial charge on any atom is -0.337 e. The Morgan fingerprint density at radius 2 is 1.87 bits per heavy atom. The van der Waals surface area contributed by atoms with Gasteiger partial charge >= 0.3 is 0 Å². The monoisotopic (exact) mass is 343 g/mol. The lowest BCUT2D eigenvalue weighted by Crippen LogP contribution is -2.31. The predicted molar refractivity (Wildman–Crippen MR) is 92.9 cm³/mol. The van der Waals surface area contributed by atoms with E-state index in [2.05, 4.69) is 0 Å². The molecule has 0 spiro atoms. The maximum atomic E-state index is 12.2. The van der Waals surface area contributed by atoms with Crippen LogP contribution >= 0.6 is 22.9 Å². The number of nitrogens with zero attached hydrogens (tertiary/aromatic N) is 3. The number of halogens is 1. The van der Waals surface area contributed by atoms with E-state index in [1.807, 2.05) is 36.4 Å². The number of carbonyl (C=O) groups is 1. The van der Waals surface area contributed by atoms with Crippen LogP contribution in [-0.4, -0.2) is 23.9 Å². The van der Waals surface area contributed by atoms with Crippen molar-refractivity contribution in [3.05, 3.63) is 40.2 Å². The van der Waals surface area contributed by atoms with Crippen LogP contribution in [-0.2, 0) is 4.79 Å². The van der Waals surface area contributed by atoms with Crippen molar-refractivity contribution in [2.45, 2.75) is 12.8 Å². The summed E-state index contributed by atoms with van der Waals surface area (Å²) >= 11 is 7.85. The van der Waals surface area contributed by atoms with Crippen LogP contribution in [0.3, 0.4) is 0 Å². The van der Waals surface area contributed by atoms with Crippen LogP contribution < -0.4 is 0 Å². The Balaban J connectivity index is 2.15. The van der Waals surface area contributed by atoms with E-state index < -0.39 is 0 Å². The van der Waals surface area contributed by atoms with Gasteiger partial charge in [0, 0.05) is 34.1 Å². The summed E-state index contributed by atoms with van der Waals surface area (Å²) in [4.78, 5) is 14.6. The van der Waals surface area contributed by atoms with Crippen LogP contribution in [0.2, 0.25) is 5.02 Å². The highest BCUT2D eigenvalue weighted by molar-refractivity contribution is 7.20. The Kier molecular flexibility index (Phi) is 6.17. The van der Waals surface area contributed by atoms with Crippen molar-refractivity contribution in [3.8, 4) is 12.1 Å². The van der Waals surface area contributed by atoms with Crippen molar-refractivity contribution < 1.29 is 4.79 Å². The highest BCUT2D eigenvalue weighted by Gasteiger charge is 2.11. The van der Waals surface area contributed by atoms with Gasteiger partial charge in [0.2, 0.25) is 5.91 Å². The molecule has 4 nitrogen and oxygen atoms in total. The standard InChI is InChI=1S/C17H14ClN3OS/c18-17-13-5-1-2-6-14(13)23-15(17)7-8-16(22)21(11-3-9-19)12-4-10-20/h1-2,5-8H,3-4,11-12H2/b8-7+. The minimum atomic E-state index is -0.218. The lowest BCUT2D eigenvalue weighted by atomic mass is 10.2. The molecule has 23 heavy (non-hydrogen) atoms. The zero-order valence-electron chi connectivity index (χ0n) is 12.3. The molecule has 0 radical (unpaired) electrons. The summed E-state index contributed by atoms with van der Waals surface area (Å²) in [5, 5.41) is 18.9. The molecule has 2 rings (SSSR count).